The molecule has 8 nitrogen and oxygen atoms in total. The van der Waals surface area contributed by atoms with Crippen molar-refractivity contribution in [3.05, 3.63) is 0 Å². The van der Waals surface area contributed by atoms with E-state index >= 15 is 0 Å². The molecule has 0 radical (unpaired) electrons. The van der Waals surface area contributed by atoms with Gasteiger partial charge in [0, 0.05) is 32.8 Å². The number of unbranched alkanes of at least 4 members (excludes halogenated alkanes) is 1. The minimum absolute atomic E-state index is 0.0781. The highest BCUT2D eigenvalue weighted by Crippen LogP contribution is 2.31. The van der Waals surface area contributed by atoms with Crippen molar-refractivity contribution in [3.63, 3.8) is 0 Å². The van der Waals surface area contributed by atoms with Crippen LogP contribution >= 0.6 is 0 Å². The third-order valence-electron chi connectivity index (χ3n) is 4.20. The zero-order chi connectivity index (χ0) is 19.0. The molecule has 0 bridgehead atoms. The molecule has 8 heteroatoms. The summed E-state index contributed by atoms with van der Waals surface area (Å²) < 4.78 is 17.2. The van der Waals surface area contributed by atoms with E-state index in [2.05, 4.69) is 5.32 Å². The Labute approximate surface area is 148 Å². The number of rotatable bonds is 9. The van der Waals surface area contributed by atoms with E-state index in [9.17, 15) is 14.4 Å². The average Bonchev–Trinajstić information content (AvgIpc) is 2.51. The molecular formula is C17H29NO7. The summed E-state index contributed by atoms with van der Waals surface area (Å²) in [5.41, 5.74) is 0. The van der Waals surface area contributed by atoms with Gasteiger partial charge in [0.15, 0.2) is 6.29 Å². The van der Waals surface area contributed by atoms with Gasteiger partial charge in [-0.2, -0.15) is 0 Å². The van der Waals surface area contributed by atoms with Crippen LogP contribution in [0.4, 0.5) is 0 Å². The van der Waals surface area contributed by atoms with Crippen molar-refractivity contribution in [1.29, 1.82) is 0 Å². The molecule has 1 fully saturated rings. The first-order chi connectivity index (χ1) is 11.8. The summed E-state index contributed by atoms with van der Waals surface area (Å²) in [4.78, 5) is 33.6. The molecular weight excluding hydrogens is 330 g/mol. The summed E-state index contributed by atoms with van der Waals surface area (Å²) in [7, 11) is 0. The number of nitrogens with one attached hydrogen (secondary N) is 1. The smallest absolute Gasteiger partial charge is 0.303 e. The Hall–Kier alpha value is -1.67. The molecule has 0 saturated carbocycles. The molecule has 0 aromatic rings. The fraction of sp³-hybridized carbons (Fsp3) is 0.824. The van der Waals surface area contributed by atoms with Crippen molar-refractivity contribution in [1.82, 2.24) is 5.32 Å². The fourth-order valence-electron chi connectivity index (χ4n) is 3.02. The Morgan fingerprint density at radius 2 is 1.88 bits per heavy atom. The highest BCUT2D eigenvalue weighted by atomic mass is 16.7. The van der Waals surface area contributed by atoms with Crippen LogP contribution < -0.4 is 5.32 Å². The predicted octanol–water partition coefficient (Wildman–Crippen LogP) is 1.47. The van der Waals surface area contributed by atoms with Crippen molar-refractivity contribution in [2.24, 2.45) is 5.92 Å². The maximum Gasteiger partial charge on any atom is 0.303 e. The van der Waals surface area contributed by atoms with Gasteiger partial charge in [0.1, 0.15) is 12.1 Å². The van der Waals surface area contributed by atoms with Crippen LogP contribution in [-0.4, -0.2) is 54.1 Å². The van der Waals surface area contributed by atoms with Gasteiger partial charge < -0.3 is 24.6 Å². The summed E-state index contributed by atoms with van der Waals surface area (Å²) in [5.74, 6) is -1.64. The molecule has 5 unspecified atom stereocenters. The molecule has 0 aliphatic carbocycles. The van der Waals surface area contributed by atoms with Crippen molar-refractivity contribution in [2.45, 2.75) is 77.9 Å². The normalized spacial score (nSPS) is 29.0. The first kappa shape index (κ1) is 21.4. The van der Waals surface area contributed by atoms with Gasteiger partial charge in [-0.3, -0.25) is 14.4 Å². The summed E-state index contributed by atoms with van der Waals surface area (Å²) in [6, 6.07) is -0.612. The molecule has 5 atom stereocenters. The van der Waals surface area contributed by atoms with E-state index in [4.69, 9.17) is 19.3 Å². The second kappa shape index (κ2) is 10.4. The molecule has 144 valence electrons. The number of ether oxygens (including phenoxy) is 3. The van der Waals surface area contributed by atoms with Gasteiger partial charge in [-0.1, -0.05) is 13.8 Å². The van der Waals surface area contributed by atoms with E-state index < -0.39 is 30.4 Å². The highest BCUT2D eigenvalue weighted by molar-refractivity contribution is 5.73. The number of hydrogen-bond acceptors (Lipinski definition) is 6. The first-order valence-electron chi connectivity index (χ1n) is 8.69. The molecule has 1 rings (SSSR count). The van der Waals surface area contributed by atoms with E-state index in [0.717, 1.165) is 0 Å². The minimum Gasteiger partial charge on any atom is -0.481 e. The lowest BCUT2D eigenvalue weighted by atomic mass is 9.87. The monoisotopic (exact) mass is 359 g/mol. The molecule has 0 spiro atoms. The van der Waals surface area contributed by atoms with Crippen LogP contribution in [0.5, 0.6) is 0 Å². The second-order valence-corrected chi connectivity index (χ2v) is 6.33. The maximum atomic E-state index is 11.6. The Morgan fingerprint density at radius 3 is 2.40 bits per heavy atom. The average molecular weight is 359 g/mol. The molecule has 1 saturated heterocycles. The van der Waals surface area contributed by atoms with Crippen LogP contribution in [0.25, 0.3) is 0 Å². The third-order valence-corrected chi connectivity index (χ3v) is 4.20. The third kappa shape index (κ3) is 6.99. The van der Waals surface area contributed by atoms with Crippen LogP contribution in [0.15, 0.2) is 0 Å². The number of carbonyl (C=O) groups is 3. The standard InChI is InChI=1S/C17H29NO7/c1-5-13-10(2)16(24-12(4)20)15(18-11(3)19)17(25-13)23-9-7-6-8-14(21)22/h10,13,15-17H,5-9H2,1-4H3,(H,18,19)(H,21,22). The number of aliphatic carboxylic acids is 1. The molecule has 2 N–H and O–H groups in total. The molecule has 25 heavy (non-hydrogen) atoms. The van der Waals surface area contributed by atoms with Crippen molar-refractivity contribution >= 4 is 17.8 Å². The lowest BCUT2D eigenvalue weighted by molar-refractivity contribution is -0.253. The Balaban J connectivity index is 2.79. The van der Waals surface area contributed by atoms with Crippen molar-refractivity contribution in [2.75, 3.05) is 6.61 Å². The predicted molar refractivity (Wildman–Crippen MR) is 88.7 cm³/mol. The fourth-order valence-corrected chi connectivity index (χ4v) is 3.02. The van der Waals surface area contributed by atoms with Gasteiger partial charge in [0.25, 0.3) is 0 Å². The zero-order valence-electron chi connectivity index (χ0n) is 15.3. The van der Waals surface area contributed by atoms with Crippen LogP contribution in [0.3, 0.4) is 0 Å². The first-order valence-corrected chi connectivity index (χ1v) is 8.69. The number of carboxylic acids is 1. The number of carboxylic acid groups (broad SMARTS) is 1. The van der Waals surface area contributed by atoms with Crippen LogP contribution in [0, 0.1) is 5.92 Å². The molecule has 0 aromatic heterocycles. The molecule has 0 aromatic carbocycles. The topological polar surface area (TPSA) is 111 Å². The lowest BCUT2D eigenvalue weighted by Gasteiger charge is -2.44. The van der Waals surface area contributed by atoms with Gasteiger partial charge in [-0.15, -0.1) is 0 Å². The van der Waals surface area contributed by atoms with Gasteiger partial charge in [-0.25, -0.2) is 0 Å². The second-order valence-electron chi connectivity index (χ2n) is 6.33. The van der Waals surface area contributed by atoms with Gasteiger partial charge in [-0.05, 0) is 19.3 Å². The maximum absolute atomic E-state index is 11.6. The summed E-state index contributed by atoms with van der Waals surface area (Å²) in [5, 5.41) is 11.4. The number of carbonyl (C=O) groups excluding carboxylic acids is 2. The minimum atomic E-state index is -0.847. The Bertz CT molecular complexity index is 468. The number of esters is 1. The molecule has 1 amide bonds. The van der Waals surface area contributed by atoms with Gasteiger partial charge in [0.05, 0.1) is 6.10 Å². The van der Waals surface area contributed by atoms with E-state index in [1.165, 1.54) is 13.8 Å². The van der Waals surface area contributed by atoms with E-state index in [1.807, 2.05) is 13.8 Å². The number of amides is 1. The van der Waals surface area contributed by atoms with Gasteiger partial charge >= 0.3 is 11.9 Å². The quantitative estimate of drug-likeness (QED) is 0.473. The molecule has 1 heterocycles. The van der Waals surface area contributed by atoms with E-state index in [1.54, 1.807) is 0 Å². The summed E-state index contributed by atoms with van der Waals surface area (Å²) in [6.07, 6.45) is 0.373. The Kier molecular flexibility index (Phi) is 8.85. The highest BCUT2D eigenvalue weighted by Gasteiger charge is 2.46. The van der Waals surface area contributed by atoms with E-state index in [0.29, 0.717) is 25.9 Å². The van der Waals surface area contributed by atoms with Crippen LogP contribution in [0.1, 0.15) is 53.4 Å². The van der Waals surface area contributed by atoms with Crippen LogP contribution in [0.2, 0.25) is 0 Å². The lowest BCUT2D eigenvalue weighted by Crippen LogP contribution is -2.62. The molecule has 1 aliphatic rings. The largest absolute Gasteiger partial charge is 0.481 e. The van der Waals surface area contributed by atoms with Crippen molar-refractivity contribution < 1.29 is 33.7 Å². The summed E-state index contributed by atoms with van der Waals surface area (Å²) in [6.45, 7) is 6.89. The SMILES string of the molecule is CCC1OC(OCCCCC(=O)O)C(NC(C)=O)C(OC(C)=O)C1C. The van der Waals surface area contributed by atoms with E-state index in [-0.39, 0.29) is 24.3 Å². The Morgan fingerprint density at radius 1 is 1.20 bits per heavy atom. The van der Waals surface area contributed by atoms with Gasteiger partial charge in [0.2, 0.25) is 5.91 Å². The van der Waals surface area contributed by atoms with Crippen LogP contribution in [-0.2, 0) is 28.6 Å². The number of hydrogen-bond donors (Lipinski definition) is 2. The van der Waals surface area contributed by atoms with Crippen molar-refractivity contribution in [3.8, 4) is 0 Å². The molecule has 1 aliphatic heterocycles. The summed E-state index contributed by atoms with van der Waals surface area (Å²) >= 11 is 0. The zero-order valence-corrected chi connectivity index (χ0v) is 15.3.